The summed E-state index contributed by atoms with van der Waals surface area (Å²) in [6, 6.07) is 8.00. The molecule has 0 radical (unpaired) electrons. The standard InChI is InChI=1S/C14H20INO/c1-9(2)14(10(3)4,13(16)17)11-7-5-6-8-12(11)15/h5-10H,1-4H3,(H2,16,17). The molecule has 0 bridgehead atoms. The predicted octanol–water partition coefficient (Wildman–Crippen LogP) is 3.33. The largest absolute Gasteiger partial charge is 0.369 e. The number of nitrogens with two attached hydrogens (primary N) is 1. The lowest BCUT2D eigenvalue weighted by Gasteiger charge is -2.39. The Morgan fingerprint density at radius 3 is 2.00 bits per heavy atom. The van der Waals surface area contributed by atoms with E-state index < -0.39 is 5.41 Å². The quantitative estimate of drug-likeness (QED) is 0.836. The van der Waals surface area contributed by atoms with Crippen LogP contribution in [0.25, 0.3) is 0 Å². The fourth-order valence-electron chi connectivity index (χ4n) is 2.79. The number of hydrogen-bond acceptors (Lipinski definition) is 1. The van der Waals surface area contributed by atoms with Crippen molar-refractivity contribution in [1.82, 2.24) is 0 Å². The molecule has 1 aromatic rings. The van der Waals surface area contributed by atoms with Gasteiger partial charge in [-0.15, -0.1) is 0 Å². The van der Waals surface area contributed by atoms with Gasteiger partial charge in [0.05, 0.1) is 5.41 Å². The maximum atomic E-state index is 12.1. The average molecular weight is 345 g/mol. The molecule has 1 rings (SSSR count). The van der Waals surface area contributed by atoms with Crippen LogP contribution >= 0.6 is 22.6 Å². The number of carbonyl (C=O) groups is 1. The van der Waals surface area contributed by atoms with Gasteiger partial charge in [0.1, 0.15) is 0 Å². The van der Waals surface area contributed by atoms with E-state index in [1.165, 1.54) is 0 Å². The molecule has 94 valence electrons. The number of amides is 1. The molecular weight excluding hydrogens is 325 g/mol. The van der Waals surface area contributed by atoms with Gasteiger partial charge in [-0.1, -0.05) is 45.9 Å². The van der Waals surface area contributed by atoms with Crippen molar-refractivity contribution in [2.75, 3.05) is 0 Å². The summed E-state index contributed by atoms with van der Waals surface area (Å²) in [5.74, 6) is 0.124. The topological polar surface area (TPSA) is 43.1 Å². The summed E-state index contributed by atoms with van der Waals surface area (Å²) >= 11 is 2.28. The molecule has 0 unspecified atom stereocenters. The molecule has 2 nitrogen and oxygen atoms in total. The Kier molecular flexibility index (Phi) is 4.58. The summed E-state index contributed by atoms with van der Waals surface area (Å²) in [5.41, 5.74) is 6.20. The molecule has 0 heterocycles. The highest BCUT2D eigenvalue weighted by Gasteiger charge is 2.45. The van der Waals surface area contributed by atoms with Gasteiger partial charge >= 0.3 is 0 Å². The van der Waals surface area contributed by atoms with E-state index in [1.807, 2.05) is 24.3 Å². The summed E-state index contributed by atoms with van der Waals surface area (Å²) < 4.78 is 1.10. The summed E-state index contributed by atoms with van der Waals surface area (Å²) in [5, 5.41) is 0. The van der Waals surface area contributed by atoms with Gasteiger partial charge in [0.15, 0.2) is 0 Å². The van der Waals surface area contributed by atoms with Crippen LogP contribution in [0.2, 0.25) is 0 Å². The lowest BCUT2D eigenvalue weighted by atomic mass is 9.64. The molecule has 17 heavy (non-hydrogen) atoms. The van der Waals surface area contributed by atoms with Crippen molar-refractivity contribution in [3.8, 4) is 0 Å². The van der Waals surface area contributed by atoms with Crippen LogP contribution in [0, 0.1) is 15.4 Å². The van der Waals surface area contributed by atoms with Crippen molar-refractivity contribution in [2.24, 2.45) is 17.6 Å². The van der Waals surface area contributed by atoms with Crippen LogP contribution in [-0.2, 0) is 10.2 Å². The first kappa shape index (κ1) is 14.5. The fourth-order valence-corrected chi connectivity index (χ4v) is 3.62. The van der Waals surface area contributed by atoms with Crippen LogP contribution in [0.15, 0.2) is 24.3 Å². The molecule has 1 aromatic carbocycles. The monoisotopic (exact) mass is 345 g/mol. The Bertz CT molecular complexity index is 404. The minimum atomic E-state index is -0.586. The van der Waals surface area contributed by atoms with Crippen LogP contribution in [0.4, 0.5) is 0 Å². The number of carbonyl (C=O) groups excluding carboxylic acids is 1. The van der Waals surface area contributed by atoms with Gasteiger partial charge in [-0.25, -0.2) is 0 Å². The van der Waals surface area contributed by atoms with Crippen molar-refractivity contribution in [3.05, 3.63) is 33.4 Å². The smallest absolute Gasteiger partial charge is 0.228 e. The molecule has 0 aliphatic carbocycles. The van der Waals surface area contributed by atoms with Crippen molar-refractivity contribution >= 4 is 28.5 Å². The Hall–Kier alpha value is -0.580. The summed E-state index contributed by atoms with van der Waals surface area (Å²) in [6.45, 7) is 8.25. The predicted molar refractivity (Wildman–Crippen MR) is 79.7 cm³/mol. The molecule has 0 spiro atoms. The number of rotatable bonds is 4. The minimum Gasteiger partial charge on any atom is -0.369 e. The van der Waals surface area contributed by atoms with Crippen molar-refractivity contribution < 1.29 is 4.79 Å². The molecule has 0 aliphatic heterocycles. The van der Waals surface area contributed by atoms with E-state index >= 15 is 0 Å². The third kappa shape index (κ3) is 2.34. The van der Waals surface area contributed by atoms with Crippen molar-refractivity contribution in [2.45, 2.75) is 33.1 Å². The van der Waals surface area contributed by atoms with E-state index in [4.69, 9.17) is 5.73 Å². The first-order valence-electron chi connectivity index (χ1n) is 5.90. The van der Waals surface area contributed by atoms with Crippen LogP contribution in [0.3, 0.4) is 0 Å². The van der Waals surface area contributed by atoms with Gasteiger partial charge in [-0.05, 0) is 46.1 Å². The zero-order valence-corrected chi connectivity index (χ0v) is 13.0. The van der Waals surface area contributed by atoms with E-state index in [0.717, 1.165) is 9.13 Å². The van der Waals surface area contributed by atoms with Crippen molar-refractivity contribution in [1.29, 1.82) is 0 Å². The molecule has 1 amide bonds. The second-order valence-corrected chi connectivity index (χ2v) is 6.18. The van der Waals surface area contributed by atoms with E-state index in [1.54, 1.807) is 0 Å². The molecule has 2 N–H and O–H groups in total. The molecule has 3 heteroatoms. The molecule has 0 fully saturated rings. The summed E-state index contributed by atoms with van der Waals surface area (Å²) in [7, 11) is 0. The van der Waals surface area contributed by atoms with Crippen LogP contribution in [0.1, 0.15) is 33.3 Å². The fraction of sp³-hybridized carbons (Fsp3) is 0.500. The van der Waals surface area contributed by atoms with Crippen LogP contribution < -0.4 is 5.73 Å². The second-order valence-electron chi connectivity index (χ2n) is 5.02. The van der Waals surface area contributed by atoms with Crippen molar-refractivity contribution in [3.63, 3.8) is 0 Å². The Labute approximate surface area is 117 Å². The SMILES string of the molecule is CC(C)C(C(N)=O)(c1ccccc1I)C(C)C. The van der Waals surface area contributed by atoms with E-state index in [2.05, 4.69) is 50.3 Å². The number of benzene rings is 1. The second kappa shape index (κ2) is 5.38. The van der Waals surface area contributed by atoms with E-state index in [9.17, 15) is 4.79 Å². The highest BCUT2D eigenvalue weighted by molar-refractivity contribution is 14.1. The van der Waals surface area contributed by atoms with Crippen LogP contribution in [-0.4, -0.2) is 5.91 Å². The third-order valence-corrected chi connectivity index (χ3v) is 4.49. The lowest BCUT2D eigenvalue weighted by Crippen LogP contribution is -2.50. The normalized spacial score (nSPS) is 12.2. The van der Waals surface area contributed by atoms with Gasteiger partial charge < -0.3 is 5.73 Å². The Balaban J connectivity index is 3.54. The summed E-state index contributed by atoms with van der Waals surface area (Å²) in [6.07, 6.45) is 0. The molecule has 0 aromatic heterocycles. The molecule has 0 atom stereocenters. The van der Waals surface area contributed by atoms with E-state index in [-0.39, 0.29) is 17.7 Å². The van der Waals surface area contributed by atoms with Gasteiger partial charge in [0.25, 0.3) is 0 Å². The molecule has 0 saturated heterocycles. The van der Waals surface area contributed by atoms with Gasteiger partial charge in [0, 0.05) is 3.57 Å². The van der Waals surface area contributed by atoms with Gasteiger partial charge in [0.2, 0.25) is 5.91 Å². The zero-order chi connectivity index (χ0) is 13.2. The lowest BCUT2D eigenvalue weighted by molar-refractivity contribution is -0.127. The molecule has 0 saturated carbocycles. The number of halogens is 1. The minimum absolute atomic E-state index is 0.177. The first-order valence-corrected chi connectivity index (χ1v) is 6.97. The Morgan fingerprint density at radius 2 is 1.65 bits per heavy atom. The van der Waals surface area contributed by atoms with E-state index in [0.29, 0.717) is 0 Å². The molecular formula is C14H20INO. The Morgan fingerprint density at radius 1 is 1.18 bits per heavy atom. The molecule has 0 aliphatic rings. The van der Waals surface area contributed by atoms with Gasteiger partial charge in [-0.2, -0.15) is 0 Å². The number of primary amides is 1. The number of hydrogen-bond donors (Lipinski definition) is 1. The summed E-state index contributed by atoms with van der Waals surface area (Å²) in [4.78, 5) is 12.1. The van der Waals surface area contributed by atoms with Crippen LogP contribution in [0.5, 0.6) is 0 Å². The highest BCUT2D eigenvalue weighted by atomic mass is 127. The maximum Gasteiger partial charge on any atom is 0.228 e. The first-order chi connectivity index (χ1) is 7.85. The van der Waals surface area contributed by atoms with Gasteiger partial charge in [-0.3, -0.25) is 4.79 Å². The zero-order valence-electron chi connectivity index (χ0n) is 10.8. The highest BCUT2D eigenvalue weighted by Crippen LogP contribution is 2.41. The average Bonchev–Trinajstić information content (AvgIpc) is 2.19. The maximum absolute atomic E-state index is 12.1. The third-order valence-electron chi connectivity index (χ3n) is 3.55.